The van der Waals surface area contributed by atoms with Crippen LogP contribution in [0.4, 0.5) is 10.7 Å². The fourth-order valence-electron chi connectivity index (χ4n) is 2.71. The number of para-hydroxylation sites is 1. The van der Waals surface area contributed by atoms with Crippen LogP contribution in [0.3, 0.4) is 0 Å². The number of carbonyl (C=O) groups is 2. The summed E-state index contributed by atoms with van der Waals surface area (Å²) in [5.74, 6) is -0.456. The Kier molecular flexibility index (Phi) is 4.49. The van der Waals surface area contributed by atoms with E-state index in [-0.39, 0.29) is 11.9 Å². The summed E-state index contributed by atoms with van der Waals surface area (Å²) in [7, 11) is 0. The van der Waals surface area contributed by atoms with E-state index in [0.717, 1.165) is 16.8 Å². The molecular formula is C18H18N2O3S. The number of benzene rings is 1. The summed E-state index contributed by atoms with van der Waals surface area (Å²) in [6.07, 6.45) is 0. The second kappa shape index (κ2) is 6.57. The van der Waals surface area contributed by atoms with E-state index in [1.807, 2.05) is 44.2 Å². The van der Waals surface area contributed by atoms with Crippen molar-refractivity contribution in [1.29, 1.82) is 0 Å². The van der Waals surface area contributed by atoms with Crippen molar-refractivity contribution >= 4 is 39.6 Å². The van der Waals surface area contributed by atoms with Crippen LogP contribution in [0.5, 0.6) is 0 Å². The van der Waals surface area contributed by atoms with Crippen LogP contribution in [0.2, 0.25) is 0 Å². The van der Waals surface area contributed by atoms with Crippen LogP contribution < -0.4 is 4.90 Å². The predicted molar refractivity (Wildman–Crippen MR) is 95.7 cm³/mol. The molecule has 0 saturated carbocycles. The van der Waals surface area contributed by atoms with Crippen molar-refractivity contribution in [3.05, 3.63) is 46.3 Å². The van der Waals surface area contributed by atoms with Crippen molar-refractivity contribution in [1.82, 2.24) is 0 Å². The molecule has 0 fully saturated rings. The topological polar surface area (TPSA) is 59.0 Å². The van der Waals surface area contributed by atoms with Crippen LogP contribution in [0, 0.1) is 6.92 Å². The molecule has 5 nitrogen and oxygen atoms in total. The van der Waals surface area contributed by atoms with E-state index >= 15 is 0 Å². The van der Waals surface area contributed by atoms with Gasteiger partial charge in [0.15, 0.2) is 0 Å². The van der Waals surface area contributed by atoms with Gasteiger partial charge in [-0.1, -0.05) is 18.2 Å². The van der Waals surface area contributed by atoms with E-state index in [9.17, 15) is 9.59 Å². The molecular weight excluding hydrogens is 324 g/mol. The van der Waals surface area contributed by atoms with Gasteiger partial charge in [0.25, 0.3) is 5.91 Å². The first-order valence-corrected chi connectivity index (χ1v) is 8.66. The molecule has 124 valence electrons. The maximum Gasteiger partial charge on any atom is 0.348 e. The SMILES string of the molecule is CCOC(=O)c1sc(N=C2C(=O)N(CC)c3ccccc32)cc1C. The molecule has 0 spiro atoms. The summed E-state index contributed by atoms with van der Waals surface area (Å²) in [5, 5.41) is 0.631. The smallest absolute Gasteiger partial charge is 0.348 e. The third kappa shape index (κ3) is 2.73. The Morgan fingerprint density at radius 2 is 2.04 bits per heavy atom. The second-order valence-electron chi connectivity index (χ2n) is 5.34. The zero-order chi connectivity index (χ0) is 17.3. The van der Waals surface area contributed by atoms with Gasteiger partial charge in [0.1, 0.15) is 15.6 Å². The highest BCUT2D eigenvalue weighted by Crippen LogP contribution is 2.34. The highest BCUT2D eigenvalue weighted by atomic mass is 32.1. The average molecular weight is 342 g/mol. The number of rotatable bonds is 4. The van der Waals surface area contributed by atoms with Crippen LogP contribution in [-0.4, -0.2) is 30.7 Å². The van der Waals surface area contributed by atoms with Crippen LogP contribution in [0.25, 0.3) is 0 Å². The molecule has 0 radical (unpaired) electrons. The first-order chi connectivity index (χ1) is 11.6. The lowest BCUT2D eigenvalue weighted by atomic mass is 10.1. The van der Waals surface area contributed by atoms with Gasteiger partial charge in [-0.15, -0.1) is 11.3 Å². The first-order valence-electron chi connectivity index (χ1n) is 7.84. The number of aryl methyl sites for hydroxylation is 1. The number of esters is 1. The van der Waals surface area contributed by atoms with Crippen molar-refractivity contribution in [2.75, 3.05) is 18.1 Å². The summed E-state index contributed by atoms with van der Waals surface area (Å²) in [6.45, 7) is 6.47. The third-order valence-electron chi connectivity index (χ3n) is 3.80. The molecule has 3 rings (SSSR count). The van der Waals surface area contributed by atoms with Gasteiger partial charge in [0, 0.05) is 12.1 Å². The van der Waals surface area contributed by atoms with Gasteiger partial charge >= 0.3 is 5.97 Å². The number of nitrogens with zero attached hydrogens (tertiary/aromatic N) is 2. The van der Waals surface area contributed by atoms with Crippen LogP contribution in [0.15, 0.2) is 35.3 Å². The Labute approximate surface area is 144 Å². The van der Waals surface area contributed by atoms with Crippen LogP contribution >= 0.6 is 11.3 Å². The Bertz CT molecular complexity index is 839. The van der Waals surface area contributed by atoms with Gasteiger partial charge in [-0.2, -0.15) is 0 Å². The summed E-state index contributed by atoms with van der Waals surface area (Å²) in [4.78, 5) is 31.4. The second-order valence-corrected chi connectivity index (χ2v) is 6.37. The molecule has 0 bridgehead atoms. The number of aliphatic imine (C=N–C) groups is 1. The molecule has 2 heterocycles. The van der Waals surface area contributed by atoms with Gasteiger partial charge < -0.3 is 9.64 Å². The van der Waals surface area contributed by atoms with E-state index in [2.05, 4.69) is 4.99 Å². The zero-order valence-electron chi connectivity index (χ0n) is 13.8. The minimum Gasteiger partial charge on any atom is -0.462 e. The fraction of sp³-hybridized carbons (Fsp3) is 0.278. The molecule has 0 aliphatic carbocycles. The monoisotopic (exact) mass is 342 g/mol. The zero-order valence-corrected chi connectivity index (χ0v) is 14.6. The Morgan fingerprint density at radius 1 is 1.29 bits per heavy atom. The average Bonchev–Trinajstić information content (AvgIpc) is 3.06. The van der Waals surface area contributed by atoms with Gasteiger partial charge in [-0.25, -0.2) is 9.79 Å². The quantitative estimate of drug-likeness (QED) is 0.796. The number of hydrogen-bond donors (Lipinski definition) is 0. The molecule has 24 heavy (non-hydrogen) atoms. The minimum atomic E-state index is -0.347. The lowest BCUT2D eigenvalue weighted by Gasteiger charge is -2.12. The van der Waals surface area contributed by atoms with Crippen molar-refractivity contribution in [3.63, 3.8) is 0 Å². The van der Waals surface area contributed by atoms with E-state index in [1.165, 1.54) is 11.3 Å². The first kappa shape index (κ1) is 16.4. The van der Waals surface area contributed by atoms with Crippen molar-refractivity contribution in [3.8, 4) is 0 Å². The fourth-order valence-corrected chi connectivity index (χ4v) is 3.66. The summed E-state index contributed by atoms with van der Waals surface area (Å²) >= 11 is 1.25. The largest absolute Gasteiger partial charge is 0.462 e. The van der Waals surface area contributed by atoms with E-state index in [1.54, 1.807) is 11.8 Å². The Balaban J connectivity index is 2.02. The Morgan fingerprint density at radius 3 is 2.75 bits per heavy atom. The van der Waals surface area contributed by atoms with Crippen molar-refractivity contribution in [2.24, 2.45) is 4.99 Å². The molecule has 0 unspecified atom stereocenters. The molecule has 1 aliphatic rings. The highest BCUT2D eigenvalue weighted by molar-refractivity contribution is 7.17. The lowest BCUT2D eigenvalue weighted by Crippen LogP contribution is -2.29. The molecule has 1 aliphatic heterocycles. The lowest BCUT2D eigenvalue weighted by molar-refractivity contribution is -0.112. The van der Waals surface area contributed by atoms with Gasteiger partial charge in [0.05, 0.1) is 12.3 Å². The number of thiophene rings is 1. The van der Waals surface area contributed by atoms with E-state index < -0.39 is 0 Å². The van der Waals surface area contributed by atoms with Gasteiger partial charge in [-0.3, -0.25) is 4.79 Å². The standard InChI is InChI=1S/C18H18N2O3S/c1-4-20-13-9-7-6-8-12(13)15(17(20)21)19-14-10-11(3)16(24-14)18(22)23-5-2/h6-10H,4-5H2,1-3H3. The molecule has 6 heteroatoms. The number of ether oxygens (including phenoxy) is 1. The number of amides is 1. The number of carbonyl (C=O) groups excluding carboxylic acids is 2. The molecule has 2 aromatic rings. The Hall–Kier alpha value is -2.47. The molecule has 1 aromatic heterocycles. The predicted octanol–water partition coefficient (Wildman–Crippen LogP) is 3.72. The van der Waals surface area contributed by atoms with E-state index in [4.69, 9.17) is 4.74 Å². The summed E-state index contributed by atoms with van der Waals surface area (Å²) < 4.78 is 5.05. The van der Waals surface area contributed by atoms with Crippen LogP contribution in [0.1, 0.15) is 34.6 Å². The van der Waals surface area contributed by atoms with Crippen molar-refractivity contribution in [2.45, 2.75) is 20.8 Å². The highest BCUT2D eigenvalue weighted by Gasteiger charge is 2.32. The number of likely N-dealkylation sites (N-methyl/N-ethyl adjacent to an activating group) is 1. The number of fused-ring (bicyclic) bond motifs is 1. The molecule has 0 saturated heterocycles. The number of hydrogen-bond acceptors (Lipinski definition) is 5. The van der Waals surface area contributed by atoms with E-state index in [0.29, 0.717) is 28.7 Å². The maximum absolute atomic E-state index is 12.6. The molecule has 1 aromatic carbocycles. The summed E-state index contributed by atoms with van der Waals surface area (Å²) in [6, 6.07) is 9.43. The van der Waals surface area contributed by atoms with Gasteiger partial charge in [-0.05, 0) is 38.5 Å². The molecule has 0 atom stereocenters. The minimum absolute atomic E-state index is 0.109. The molecule has 0 N–H and O–H groups in total. The number of anilines is 1. The van der Waals surface area contributed by atoms with Gasteiger partial charge in [0.2, 0.25) is 0 Å². The van der Waals surface area contributed by atoms with Crippen LogP contribution in [-0.2, 0) is 9.53 Å². The van der Waals surface area contributed by atoms with Crippen molar-refractivity contribution < 1.29 is 14.3 Å². The third-order valence-corrected chi connectivity index (χ3v) is 4.91. The summed E-state index contributed by atoms with van der Waals surface area (Å²) in [5.41, 5.74) is 2.93. The normalized spacial score (nSPS) is 15.0. The maximum atomic E-state index is 12.6. The molecule has 1 amide bonds.